The molecule has 4 nitrogen and oxygen atoms in total. The Labute approximate surface area is 110 Å². The van der Waals surface area contributed by atoms with E-state index in [0.29, 0.717) is 23.1 Å². The van der Waals surface area contributed by atoms with Gasteiger partial charge in [0.1, 0.15) is 0 Å². The first-order valence-electron chi connectivity index (χ1n) is 5.93. The van der Waals surface area contributed by atoms with Gasteiger partial charge in [0.05, 0.1) is 22.2 Å². The highest BCUT2D eigenvalue weighted by atomic mass is 35.5. The van der Waals surface area contributed by atoms with E-state index >= 15 is 0 Å². The Morgan fingerprint density at radius 3 is 2.71 bits per heavy atom. The SMILES string of the molecule is CCc1nn(CC)c(CS(=O)CCCN)c1Cl. The van der Waals surface area contributed by atoms with Crippen LogP contribution in [-0.4, -0.2) is 26.3 Å². The Kier molecular flexibility index (Phi) is 6.16. The number of rotatable bonds is 7. The van der Waals surface area contributed by atoms with Gasteiger partial charge in [0.15, 0.2) is 0 Å². The lowest BCUT2D eigenvalue weighted by molar-refractivity contribution is 0.623. The number of hydrogen-bond acceptors (Lipinski definition) is 3. The first-order chi connectivity index (χ1) is 8.13. The molecule has 1 aromatic heterocycles. The van der Waals surface area contributed by atoms with Crippen molar-refractivity contribution in [1.29, 1.82) is 0 Å². The van der Waals surface area contributed by atoms with Gasteiger partial charge in [0.2, 0.25) is 0 Å². The molecule has 1 unspecified atom stereocenters. The molecule has 0 aliphatic heterocycles. The molecule has 17 heavy (non-hydrogen) atoms. The van der Waals surface area contributed by atoms with Gasteiger partial charge in [0.25, 0.3) is 0 Å². The number of halogens is 1. The van der Waals surface area contributed by atoms with Crippen molar-refractivity contribution >= 4 is 22.4 Å². The zero-order chi connectivity index (χ0) is 12.8. The van der Waals surface area contributed by atoms with Gasteiger partial charge in [-0.15, -0.1) is 0 Å². The van der Waals surface area contributed by atoms with Crippen LogP contribution in [0.5, 0.6) is 0 Å². The van der Waals surface area contributed by atoms with Crippen molar-refractivity contribution in [2.45, 2.75) is 39.0 Å². The van der Waals surface area contributed by atoms with Crippen LogP contribution in [0, 0.1) is 0 Å². The highest BCUT2D eigenvalue weighted by Crippen LogP contribution is 2.23. The highest BCUT2D eigenvalue weighted by molar-refractivity contribution is 7.84. The van der Waals surface area contributed by atoms with Crippen molar-refractivity contribution < 1.29 is 4.21 Å². The van der Waals surface area contributed by atoms with E-state index in [4.69, 9.17) is 17.3 Å². The molecule has 0 aliphatic carbocycles. The van der Waals surface area contributed by atoms with Crippen LogP contribution in [0.1, 0.15) is 31.7 Å². The molecule has 0 bridgehead atoms. The number of nitrogens with zero attached hydrogens (tertiary/aromatic N) is 2. The van der Waals surface area contributed by atoms with Crippen molar-refractivity contribution in [3.8, 4) is 0 Å². The van der Waals surface area contributed by atoms with Crippen LogP contribution in [0.15, 0.2) is 0 Å². The predicted octanol–water partition coefficient (Wildman–Crippen LogP) is 1.72. The molecule has 0 saturated heterocycles. The fourth-order valence-electron chi connectivity index (χ4n) is 1.62. The summed E-state index contributed by atoms with van der Waals surface area (Å²) in [6.45, 7) is 5.36. The van der Waals surface area contributed by atoms with E-state index in [-0.39, 0.29) is 0 Å². The molecule has 0 aliphatic rings. The van der Waals surface area contributed by atoms with E-state index in [0.717, 1.165) is 30.8 Å². The zero-order valence-corrected chi connectivity index (χ0v) is 12.0. The topological polar surface area (TPSA) is 60.9 Å². The third-order valence-corrected chi connectivity index (χ3v) is 4.34. The summed E-state index contributed by atoms with van der Waals surface area (Å²) in [5, 5.41) is 5.08. The summed E-state index contributed by atoms with van der Waals surface area (Å²) in [6.07, 6.45) is 1.58. The normalized spacial score (nSPS) is 12.9. The van der Waals surface area contributed by atoms with Gasteiger partial charge in [-0.25, -0.2) is 0 Å². The number of hydrogen-bond donors (Lipinski definition) is 1. The number of aryl methyl sites for hydroxylation is 2. The van der Waals surface area contributed by atoms with Crippen molar-refractivity contribution in [3.05, 3.63) is 16.4 Å². The van der Waals surface area contributed by atoms with Gasteiger partial charge in [-0.05, 0) is 26.3 Å². The molecule has 0 aromatic carbocycles. The molecule has 2 N–H and O–H groups in total. The first kappa shape index (κ1) is 14.7. The molecule has 98 valence electrons. The minimum atomic E-state index is -0.907. The highest BCUT2D eigenvalue weighted by Gasteiger charge is 2.16. The standard InChI is InChI=1S/C11H20ClN3OS/c1-3-9-11(12)10(15(4-2)14-9)8-17(16)7-5-6-13/h3-8,13H2,1-2H3. The fraction of sp³-hybridized carbons (Fsp3) is 0.727. The fourth-order valence-corrected chi connectivity index (χ4v) is 3.27. The molecule has 6 heteroatoms. The smallest absolute Gasteiger partial charge is 0.0859 e. The minimum Gasteiger partial charge on any atom is -0.330 e. The van der Waals surface area contributed by atoms with Gasteiger partial charge in [0, 0.05) is 23.1 Å². The first-order valence-corrected chi connectivity index (χ1v) is 7.79. The molecule has 1 rings (SSSR count). The van der Waals surface area contributed by atoms with Crippen molar-refractivity contribution in [1.82, 2.24) is 9.78 Å². The van der Waals surface area contributed by atoms with Crippen LogP contribution < -0.4 is 5.73 Å². The maximum absolute atomic E-state index is 11.8. The molecule has 0 saturated carbocycles. The second-order valence-electron chi connectivity index (χ2n) is 3.81. The van der Waals surface area contributed by atoms with Crippen LogP contribution >= 0.6 is 11.6 Å². The van der Waals surface area contributed by atoms with E-state index in [1.54, 1.807) is 0 Å². The molecule has 1 aromatic rings. The van der Waals surface area contributed by atoms with Crippen LogP contribution in [0.2, 0.25) is 5.02 Å². The average molecular weight is 278 g/mol. The van der Waals surface area contributed by atoms with Crippen LogP contribution in [0.25, 0.3) is 0 Å². The van der Waals surface area contributed by atoms with Crippen molar-refractivity contribution in [2.75, 3.05) is 12.3 Å². The maximum Gasteiger partial charge on any atom is 0.0859 e. The van der Waals surface area contributed by atoms with E-state index in [9.17, 15) is 4.21 Å². The Morgan fingerprint density at radius 1 is 1.47 bits per heavy atom. The van der Waals surface area contributed by atoms with Gasteiger partial charge in [-0.2, -0.15) is 5.10 Å². The van der Waals surface area contributed by atoms with Gasteiger partial charge >= 0.3 is 0 Å². The lowest BCUT2D eigenvalue weighted by atomic mass is 10.3. The molecule has 1 heterocycles. The zero-order valence-electron chi connectivity index (χ0n) is 10.4. The Hall–Kier alpha value is -0.390. The van der Waals surface area contributed by atoms with Crippen LogP contribution in [0.4, 0.5) is 0 Å². The van der Waals surface area contributed by atoms with E-state index in [1.807, 2.05) is 18.5 Å². The third kappa shape index (κ3) is 3.79. The Bertz CT molecular complexity index is 392. The molecular formula is C11H20ClN3OS. The summed E-state index contributed by atoms with van der Waals surface area (Å²) >= 11 is 6.24. The Balaban J connectivity index is 2.81. The second kappa shape index (κ2) is 7.13. The number of nitrogens with two attached hydrogens (primary N) is 1. The van der Waals surface area contributed by atoms with E-state index in [2.05, 4.69) is 5.10 Å². The average Bonchev–Trinajstić information content (AvgIpc) is 2.63. The Morgan fingerprint density at radius 2 is 2.18 bits per heavy atom. The van der Waals surface area contributed by atoms with Crippen molar-refractivity contribution in [3.63, 3.8) is 0 Å². The van der Waals surface area contributed by atoms with Gasteiger partial charge < -0.3 is 5.73 Å². The van der Waals surface area contributed by atoms with Crippen molar-refractivity contribution in [2.24, 2.45) is 5.73 Å². The second-order valence-corrected chi connectivity index (χ2v) is 5.76. The third-order valence-electron chi connectivity index (χ3n) is 2.57. The summed E-state index contributed by atoms with van der Waals surface area (Å²) in [5.74, 6) is 1.10. The molecule has 0 amide bonds. The molecule has 0 radical (unpaired) electrons. The summed E-state index contributed by atoms with van der Waals surface area (Å²) in [6, 6.07) is 0. The van der Waals surface area contributed by atoms with Crippen LogP contribution in [-0.2, 0) is 29.5 Å². The summed E-state index contributed by atoms with van der Waals surface area (Å²) in [4.78, 5) is 0. The monoisotopic (exact) mass is 277 g/mol. The molecular weight excluding hydrogens is 258 g/mol. The lowest BCUT2D eigenvalue weighted by Gasteiger charge is -2.05. The predicted molar refractivity (Wildman–Crippen MR) is 72.7 cm³/mol. The van der Waals surface area contributed by atoms with Crippen LogP contribution in [0.3, 0.4) is 0 Å². The van der Waals surface area contributed by atoms with E-state index < -0.39 is 10.8 Å². The lowest BCUT2D eigenvalue weighted by Crippen LogP contribution is -2.10. The summed E-state index contributed by atoms with van der Waals surface area (Å²) < 4.78 is 13.7. The quantitative estimate of drug-likeness (QED) is 0.825. The van der Waals surface area contributed by atoms with E-state index in [1.165, 1.54) is 0 Å². The largest absolute Gasteiger partial charge is 0.330 e. The molecule has 0 fully saturated rings. The molecule has 1 atom stereocenters. The summed E-state index contributed by atoms with van der Waals surface area (Å²) in [5.41, 5.74) is 7.18. The van der Waals surface area contributed by atoms with Gasteiger partial charge in [-0.3, -0.25) is 8.89 Å². The van der Waals surface area contributed by atoms with Gasteiger partial charge in [-0.1, -0.05) is 18.5 Å². The molecule has 0 spiro atoms. The summed E-state index contributed by atoms with van der Waals surface area (Å²) in [7, 11) is -0.907. The minimum absolute atomic E-state index is 0.472. The number of aromatic nitrogens is 2. The maximum atomic E-state index is 11.8.